The van der Waals surface area contributed by atoms with Gasteiger partial charge in [0.2, 0.25) is 0 Å². The van der Waals surface area contributed by atoms with E-state index in [0.29, 0.717) is 5.02 Å². The van der Waals surface area contributed by atoms with Gasteiger partial charge in [-0.25, -0.2) is 0 Å². The molecular formula is C4H3ClN2O2. The second-order valence-corrected chi connectivity index (χ2v) is 1.70. The first-order chi connectivity index (χ1) is 4.33. The van der Waals surface area contributed by atoms with Crippen LogP contribution in [0.15, 0.2) is 12.4 Å². The minimum atomic E-state index is 0.267. The van der Waals surface area contributed by atoms with Gasteiger partial charge in [-0.2, -0.15) is 0 Å². The molecule has 0 aliphatic carbocycles. The second kappa shape index (κ2) is 2.50. The molecule has 0 unspecified atom stereocenters. The van der Waals surface area contributed by atoms with Crippen molar-refractivity contribution in [1.29, 1.82) is 0 Å². The van der Waals surface area contributed by atoms with Crippen LogP contribution in [0.1, 0.15) is 0 Å². The van der Waals surface area contributed by atoms with Crippen molar-refractivity contribution in [3.05, 3.63) is 17.4 Å². The number of nitrogens with zero attached hydrogens (tertiary/aromatic N) is 2. The molecule has 5 heteroatoms. The van der Waals surface area contributed by atoms with E-state index >= 15 is 0 Å². The predicted molar refractivity (Wildman–Crippen MR) is 29.9 cm³/mol. The Morgan fingerprint density at radius 2 is 2.67 bits per heavy atom. The second-order valence-electron chi connectivity index (χ2n) is 1.26. The number of hydrogen-bond donors (Lipinski definition) is 0. The van der Waals surface area contributed by atoms with Crippen LogP contribution in [0.4, 0.5) is 0 Å². The predicted octanol–water partition coefficient (Wildman–Crippen LogP) is 0.121. The maximum absolute atomic E-state index is 9.66. The Bertz CT molecular complexity index is 210. The number of hydrogen-bond acceptors (Lipinski definition) is 3. The Labute approximate surface area is 55.9 Å². The van der Waals surface area contributed by atoms with Gasteiger partial charge in [0.1, 0.15) is 0 Å². The minimum Gasteiger partial charge on any atom is -0.323 e. The summed E-state index contributed by atoms with van der Waals surface area (Å²) in [7, 11) is 0. The van der Waals surface area contributed by atoms with Crippen molar-refractivity contribution in [2.45, 2.75) is 0 Å². The van der Waals surface area contributed by atoms with E-state index in [9.17, 15) is 4.79 Å². The highest BCUT2D eigenvalue weighted by Gasteiger charge is 1.91. The molecule has 9 heavy (non-hydrogen) atoms. The van der Waals surface area contributed by atoms with Gasteiger partial charge in [-0.3, -0.25) is 4.79 Å². The summed E-state index contributed by atoms with van der Waals surface area (Å²) in [5.74, 6) is 0. The van der Waals surface area contributed by atoms with E-state index in [2.05, 4.69) is 9.94 Å². The lowest BCUT2D eigenvalue weighted by Crippen LogP contribution is -2.08. The number of carbonyl (C=O) groups is 1. The van der Waals surface area contributed by atoms with E-state index in [-0.39, 0.29) is 6.47 Å². The minimum absolute atomic E-state index is 0.267. The zero-order chi connectivity index (χ0) is 6.69. The van der Waals surface area contributed by atoms with Crippen molar-refractivity contribution >= 4 is 18.1 Å². The van der Waals surface area contributed by atoms with Gasteiger partial charge in [0.05, 0.1) is 17.4 Å². The molecule has 1 rings (SSSR count). The largest absolute Gasteiger partial charge is 0.323 e. The van der Waals surface area contributed by atoms with Crippen LogP contribution in [0.2, 0.25) is 5.02 Å². The first kappa shape index (κ1) is 6.10. The number of carbonyl (C=O) groups excluding carboxylic acids is 1. The van der Waals surface area contributed by atoms with E-state index in [1.165, 1.54) is 12.4 Å². The van der Waals surface area contributed by atoms with Gasteiger partial charge >= 0.3 is 6.47 Å². The summed E-state index contributed by atoms with van der Waals surface area (Å²) in [5, 5.41) is 3.96. The average Bonchev–Trinajstić information content (AvgIpc) is 2.17. The summed E-state index contributed by atoms with van der Waals surface area (Å²) in [4.78, 5) is 14.9. The van der Waals surface area contributed by atoms with Crippen molar-refractivity contribution in [2.75, 3.05) is 0 Å². The molecule has 0 N–H and O–H groups in total. The summed E-state index contributed by atoms with van der Waals surface area (Å²) in [6.45, 7) is 0.267. The Balaban J connectivity index is 2.72. The van der Waals surface area contributed by atoms with Crippen molar-refractivity contribution in [3.8, 4) is 0 Å². The van der Waals surface area contributed by atoms with Crippen LogP contribution in [0, 0.1) is 0 Å². The van der Waals surface area contributed by atoms with Gasteiger partial charge in [0, 0.05) is 0 Å². The summed E-state index contributed by atoms with van der Waals surface area (Å²) in [6.07, 6.45) is 2.74. The van der Waals surface area contributed by atoms with Crippen LogP contribution in [-0.4, -0.2) is 16.4 Å². The molecule has 4 nitrogen and oxygen atoms in total. The van der Waals surface area contributed by atoms with E-state index in [1.54, 1.807) is 0 Å². The summed E-state index contributed by atoms with van der Waals surface area (Å²) < 4.78 is 0. The maximum Gasteiger partial charge on any atom is 0.323 e. The standard InChI is InChI=1S/C4H3ClN2O2/c5-4-1-6-7(2-4)9-3-8/h1-3H. The zero-order valence-electron chi connectivity index (χ0n) is 4.32. The van der Waals surface area contributed by atoms with Crippen LogP contribution in [-0.2, 0) is 4.79 Å². The lowest BCUT2D eigenvalue weighted by molar-refractivity contribution is -0.130. The van der Waals surface area contributed by atoms with E-state index in [0.717, 1.165) is 4.85 Å². The fraction of sp³-hybridized carbons (Fsp3) is 0. The highest BCUT2D eigenvalue weighted by atomic mass is 35.5. The molecular weight excluding hydrogens is 144 g/mol. The van der Waals surface area contributed by atoms with Gasteiger partial charge in [0.25, 0.3) is 0 Å². The van der Waals surface area contributed by atoms with Crippen molar-refractivity contribution in [3.63, 3.8) is 0 Å². The fourth-order valence-electron chi connectivity index (χ4n) is 0.386. The zero-order valence-corrected chi connectivity index (χ0v) is 5.08. The normalized spacial score (nSPS) is 9.00. The molecule has 1 aromatic rings. The quantitative estimate of drug-likeness (QED) is 0.557. The highest BCUT2D eigenvalue weighted by Crippen LogP contribution is 2.02. The molecule has 0 saturated heterocycles. The summed E-state index contributed by atoms with van der Waals surface area (Å²) in [5.41, 5.74) is 0. The number of halogens is 1. The Kier molecular flexibility index (Phi) is 1.69. The van der Waals surface area contributed by atoms with Crippen molar-refractivity contribution < 1.29 is 9.63 Å². The molecule has 0 spiro atoms. The third-order valence-corrected chi connectivity index (χ3v) is 0.875. The first-order valence-electron chi connectivity index (χ1n) is 2.14. The third kappa shape index (κ3) is 1.43. The SMILES string of the molecule is O=COn1cc(Cl)cn1. The molecule has 0 atom stereocenters. The van der Waals surface area contributed by atoms with Gasteiger partial charge in [0.15, 0.2) is 0 Å². The molecule has 0 fully saturated rings. The van der Waals surface area contributed by atoms with Crippen molar-refractivity contribution in [2.24, 2.45) is 0 Å². The molecule has 0 aliphatic rings. The molecule has 48 valence electrons. The van der Waals surface area contributed by atoms with Gasteiger partial charge in [-0.15, -0.1) is 5.10 Å². The Morgan fingerprint density at radius 3 is 3.11 bits per heavy atom. The van der Waals surface area contributed by atoms with Crippen LogP contribution in [0.5, 0.6) is 0 Å². The third-order valence-electron chi connectivity index (χ3n) is 0.680. The van der Waals surface area contributed by atoms with E-state index < -0.39 is 0 Å². The van der Waals surface area contributed by atoms with E-state index in [4.69, 9.17) is 11.6 Å². The summed E-state index contributed by atoms with van der Waals surface area (Å²) in [6, 6.07) is 0. The number of aromatic nitrogens is 2. The summed E-state index contributed by atoms with van der Waals surface area (Å²) >= 11 is 5.42. The Hall–Kier alpha value is -1.03. The van der Waals surface area contributed by atoms with Crippen LogP contribution >= 0.6 is 11.6 Å². The van der Waals surface area contributed by atoms with Crippen molar-refractivity contribution in [1.82, 2.24) is 9.94 Å². The topological polar surface area (TPSA) is 44.1 Å². The molecule has 0 radical (unpaired) electrons. The van der Waals surface area contributed by atoms with Crippen LogP contribution in [0.25, 0.3) is 0 Å². The molecule has 1 aromatic heterocycles. The van der Waals surface area contributed by atoms with E-state index in [1.807, 2.05) is 0 Å². The van der Waals surface area contributed by atoms with Gasteiger partial charge in [-0.05, 0) is 0 Å². The Morgan fingerprint density at radius 1 is 1.89 bits per heavy atom. The molecule has 0 saturated carbocycles. The van der Waals surface area contributed by atoms with Gasteiger partial charge in [-0.1, -0.05) is 16.4 Å². The average molecular weight is 147 g/mol. The highest BCUT2D eigenvalue weighted by molar-refractivity contribution is 6.30. The van der Waals surface area contributed by atoms with Gasteiger partial charge < -0.3 is 4.84 Å². The lowest BCUT2D eigenvalue weighted by Gasteiger charge is -1.89. The number of rotatable bonds is 2. The monoisotopic (exact) mass is 146 g/mol. The first-order valence-corrected chi connectivity index (χ1v) is 2.51. The molecule has 0 bridgehead atoms. The molecule has 0 aromatic carbocycles. The van der Waals surface area contributed by atoms with Crippen LogP contribution in [0.3, 0.4) is 0 Å². The maximum atomic E-state index is 9.66. The molecule has 0 aliphatic heterocycles. The smallest absolute Gasteiger partial charge is 0.323 e. The molecule has 1 heterocycles. The molecule has 0 amide bonds. The fourth-order valence-corrected chi connectivity index (χ4v) is 0.513. The van der Waals surface area contributed by atoms with Crippen LogP contribution < -0.4 is 4.84 Å². The lowest BCUT2D eigenvalue weighted by atomic mass is 10.8.